The number of carbonyl (C=O) groups is 1. The van der Waals surface area contributed by atoms with Crippen LogP contribution in [0.3, 0.4) is 0 Å². The van der Waals surface area contributed by atoms with E-state index in [1.807, 2.05) is 27.7 Å². The first-order valence-corrected chi connectivity index (χ1v) is 12.2. The number of amides is 1. The number of hydrogen-bond acceptors (Lipinski definition) is 8. The summed E-state index contributed by atoms with van der Waals surface area (Å²) in [5.74, 6) is 6.84. The first-order valence-electron chi connectivity index (χ1n) is 12.2. The molecule has 1 atom stereocenters. The van der Waals surface area contributed by atoms with Crippen LogP contribution in [0.1, 0.15) is 59.4 Å². The Labute approximate surface area is 213 Å². The molecule has 2 aromatic rings. The number of likely N-dealkylation sites (N-methyl/N-ethyl adjacent to an activating group) is 1. The van der Waals surface area contributed by atoms with E-state index in [1.165, 1.54) is 12.3 Å². The molecule has 0 spiro atoms. The Morgan fingerprint density at radius 1 is 1.25 bits per heavy atom. The van der Waals surface area contributed by atoms with Gasteiger partial charge in [-0.2, -0.15) is 4.98 Å². The van der Waals surface area contributed by atoms with Crippen LogP contribution in [0.15, 0.2) is 24.7 Å². The highest BCUT2D eigenvalue weighted by Gasteiger charge is 2.22. The van der Waals surface area contributed by atoms with Crippen LogP contribution in [0, 0.1) is 17.7 Å². The summed E-state index contributed by atoms with van der Waals surface area (Å²) in [6.45, 7) is 11.8. The van der Waals surface area contributed by atoms with Crippen molar-refractivity contribution in [3.63, 3.8) is 0 Å². The summed E-state index contributed by atoms with van der Waals surface area (Å²) in [6.07, 6.45) is 6.46. The maximum Gasteiger partial charge on any atom is 0.410 e. The second kappa shape index (κ2) is 14.2. The van der Waals surface area contributed by atoms with E-state index in [0.717, 1.165) is 32.1 Å². The number of carbonyl (C=O) groups excluding carboxylic acids is 1. The van der Waals surface area contributed by atoms with Crippen LogP contribution in [0.4, 0.5) is 26.6 Å². The zero-order chi connectivity index (χ0) is 26.6. The van der Waals surface area contributed by atoms with Crippen LogP contribution in [0.5, 0.6) is 0 Å². The minimum Gasteiger partial charge on any atom is -0.444 e. The normalized spacial score (nSPS) is 11.8. The predicted molar refractivity (Wildman–Crippen MR) is 141 cm³/mol. The molecular weight excluding hydrogens is 461 g/mol. The van der Waals surface area contributed by atoms with Crippen LogP contribution in [0.2, 0.25) is 0 Å². The fourth-order valence-electron chi connectivity index (χ4n) is 2.94. The van der Waals surface area contributed by atoms with Gasteiger partial charge in [-0.25, -0.2) is 14.2 Å². The van der Waals surface area contributed by atoms with E-state index in [-0.39, 0.29) is 12.1 Å². The largest absolute Gasteiger partial charge is 0.444 e. The van der Waals surface area contributed by atoms with E-state index in [1.54, 1.807) is 18.1 Å². The molecule has 0 aliphatic carbocycles. The number of aromatic nitrogens is 3. The van der Waals surface area contributed by atoms with Gasteiger partial charge >= 0.3 is 6.09 Å². The van der Waals surface area contributed by atoms with Crippen molar-refractivity contribution in [3.05, 3.63) is 36.0 Å². The molecule has 0 unspecified atom stereocenters. The Hall–Kier alpha value is -3.45. The lowest BCUT2D eigenvalue weighted by atomic mass is 10.2. The molecule has 0 aliphatic rings. The number of unbranched alkanes of at least 4 members (excludes halogenated alkanes) is 1. The molecule has 0 saturated carbocycles. The third kappa shape index (κ3) is 10.4. The molecule has 2 rings (SSSR count). The van der Waals surface area contributed by atoms with Gasteiger partial charge in [-0.15, -0.1) is 0 Å². The van der Waals surface area contributed by atoms with Gasteiger partial charge in [0.15, 0.2) is 0 Å². The van der Waals surface area contributed by atoms with Gasteiger partial charge in [0.05, 0.1) is 29.8 Å². The number of nitrogens with zero attached hydrogens (tertiary/aromatic N) is 4. The predicted octanol–water partition coefficient (Wildman–Crippen LogP) is 4.55. The maximum atomic E-state index is 13.4. The van der Waals surface area contributed by atoms with E-state index in [0.29, 0.717) is 36.0 Å². The summed E-state index contributed by atoms with van der Waals surface area (Å²) < 4.78 is 18.8. The molecule has 0 bridgehead atoms. The Bertz CT molecular complexity index is 1050. The van der Waals surface area contributed by atoms with Crippen molar-refractivity contribution in [2.45, 2.75) is 65.5 Å². The molecule has 0 aliphatic heterocycles. The average Bonchev–Trinajstić information content (AvgIpc) is 2.81. The van der Waals surface area contributed by atoms with Gasteiger partial charge in [0.1, 0.15) is 17.2 Å². The Kier molecular flexibility index (Phi) is 11.3. The molecule has 10 heteroatoms. The van der Waals surface area contributed by atoms with Gasteiger partial charge in [0.2, 0.25) is 5.95 Å². The number of anilines is 3. The minimum absolute atomic E-state index is 0.00515. The summed E-state index contributed by atoms with van der Waals surface area (Å²) in [4.78, 5) is 26.4. The first-order chi connectivity index (χ1) is 17.1. The van der Waals surface area contributed by atoms with Gasteiger partial charge in [-0.3, -0.25) is 4.98 Å². The van der Waals surface area contributed by atoms with Crippen molar-refractivity contribution in [2.75, 3.05) is 37.3 Å². The van der Waals surface area contributed by atoms with Crippen molar-refractivity contribution in [3.8, 4) is 11.8 Å². The van der Waals surface area contributed by atoms with Crippen LogP contribution in [0.25, 0.3) is 0 Å². The van der Waals surface area contributed by atoms with Gasteiger partial charge in [0.25, 0.3) is 0 Å². The molecule has 0 aromatic carbocycles. The van der Waals surface area contributed by atoms with Crippen LogP contribution in [-0.4, -0.2) is 64.3 Å². The van der Waals surface area contributed by atoms with Crippen molar-refractivity contribution in [1.82, 2.24) is 25.2 Å². The fourth-order valence-corrected chi connectivity index (χ4v) is 2.94. The smallest absolute Gasteiger partial charge is 0.410 e. The van der Waals surface area contributed by atoms with E-state index in [9.17, 15) is 9.18 Å². The van der Waals surface area contributed by atoms with Crippen LogP contribution >= 0.6 is 0 Å². The van der Waals surface area contributed by atoms with Crippen LogP contribution in [-0.2, 0) is 4.74 Å². The third-order valence-electron chi connectivity index (χ3n) is 4.95. The van der Waals surface area contributed by atoms with E-state index in [4.69, 9.17) is 4.74 Å². The Balaban J connectivity index is 1.84. The maximum absolute atomic E-state index is 13.4. The number of hydrogen-bond donors (Lipinski definition) is 3. The molecule has 9 nitrogen and oxygen atoms in total. The van der Waals surface area contributed by atoms with E-state index >= 15 is 0 Å². The number of pyridine rings is 1. The summed E-state index contributed by atoms with van der Waals surface area (Å²) in [7, 11) is 1.74. The molecule has 36 heavy (non-hydrogen) atoms. The van der Waals surface area contributed by atoms with Crippen molar-refractivity contribution in [1.29, 1.82) is 0 Å². The Morgan fingerprint density at radius 2 is 2.03 bits per heavy atom. The second-order valence-electron chi connectivity index (χ2n) is 9.45. The molecule has 196 valence electrons. The van der Waals surface area contributed by atoms with E-state index in [2.05, 4.69) is 49.7 Å². The quantitative estimate of drug-likeness (QED) is 0.306. The highest BCUT2D eigenvalue weighted by atomic mass is 19.1. The lowest BCUT2D eigenvalue weighted by molar-refractivity contribution is 0.0236. The molecule has 0 saturated heterocycles. The first kappa shape index (κ1) is 28.8. The molecule has 2 aromatic heterocycles. The summed E-state index contributed by atoms with van der Waals surface area (Å²) in [5, 5.41) is 9.59. The molecule has 1 amide bonds. The minimum atomic E-state index is -0.510. The topological polar surface area (TPSA) is 104 Å². The number of rotatable bonds is 11. The van der Waals surface area contributed by atoms with Gasteiger partial charge < -0.3 is 25.6 Å². The molecular formula is C26H38FN7O2. The summed E-state index contributed by atoms with van der Waals surface area (Å²) >= 11 is 0. The van der Waals surface area contributed by atoms with Crippen molar-refractivity contribution < 1.29 is 13.9 Å². The second-order valence-corrected chi connectivity index (χ2v) is 9.45. The molecule has 0 fully saturated rings. The van der Waals surface area contributed by atoms with Crippen molar-refractivity contribution in [2.24, 2.45) is 0 Å². The number of nitrogens with one attached hydrogen (secondary N) is 3. The lowest BCUT2D eigenvalue weighted by Crippen LogP contribution is -2.44. The zero-order valence-corrected chi connectivity index (χ0v) is 22.1. The zero-order valence-electron chi connectivity index (χ0n) is 22.1. The number of halogens is 1. The van der Waals surface area contributed by atoms with Crippen LogP contribution < -0.4 is 16.0 Å². The van der Waals surface area contributed by atoms with Gasteiger partial charge in [-0.05, 0) is 47.1 Å². The third-order valence-corrected chi connectivity index (χ3v) is 4.95. The fraction of sp³-hybridized carbons (Fsp3) is 0.538. The molecule has 0 radical (unpaired) electrons. The molecule has 3 N–H and O–H groups in total. The summed E-state index contributed by atoms with van der Waals surface area (Å²) in [5.41, 5.74) is 0.658. The highest BCUT2D eigenvalue weighted by molar-refractivity contribution is 5.68. The lowest BCUT2D eigenvalue weighted by Gasteiger charge is -2.28. The SMILES string of the molecule is CCCNc1nc(Nc2cncc(F)c2)ncc1C#CCCCNC[C@H](C)N(C)C(=O)OC(C)(C)C. The van der Waals surface area contributed by atoms with E-state index < -0.39 is 11.4 Å². The highest BCUT2D eigenvalue weighted by Crippen LogP contribution is 2.17. The number of ether oxygens (including phenoxy) is 1. The average molecular weight is 500 g/mol. The standard InChI is InChI=1S/C26H38FN7O2/c1-7-12-30-23-20(16-31-24(33-23)32-22-14-21(27)17-29-18-22)11-9-8-10-13-28-15-19(2)34(6)25(35)36-26(3,4)5/h14,16-19,28H,7-8,10,12-13,15H2,1-6H3,(H2,30,31,32,33)/t19-/m0/s1. The monoisotopic (exact) mass is 499 g/mol. The van der Waals surface area contributed by atoms with Gasteiger partial charge in [0, 0.05) is 38.7 Å². The summed E-state index contributed by atoms with van der Waals surface area (Å²) in [6, 6.07) is 1.33. The van der Waals surface area contributed by atoms with Gasteiger partial charge in [-0.1, -0.05) is 18.8 Å². The van der Waals surface area contributed by atoms with Crippen molar-refractivity contribution >= 4 is 23.5 Å². The molecule has 2 heterocycles. The Morgan fingerprint density at radius 3 is 2.72 bits per heavy atom.